The second-order valence-corrected chi connectivity index (χ2v) is 7.08. The number of nitrogens with two attached hydrogens (primary N) is 1. The maximum Gasteiger partial charge on any atom is 0.294 e. The summed E-state index contributed by atoms with van der Waals surface area (Å²) in [7, 11) is 1.56. The van der Waals surface area contributed by atoms with Gasteiger partial charge in [0, 0.05) is 18.4 Å². The first-order valence-corrected chi connectivity index (χ1v) is 9.37. The Morgan fingerprint density at radius 3 is 2.33 bits per heavy atom. The van der Waals surface area contributed by atoms with Gasteiger partial charge in [-0.3, -0.25) is 19.2 Å². The number of hydrogen-bond donors (Lipinski definition) is 3. The number of amides is 3. The number of ketones is 1. The molecule has 1 aromatic carbocycles. The molecule has 0 aliphatic heterocycles. The van der Waals surface area contributed by atoms with E-state index in [9.17, 15) is 23.6 Å². The first-order chi connectivity index (χ1) is 14.0. The van der Waals surface area contributed by atoms with Crippen LogP contribution in [0, 0.1) is 26.6 Å². The smallest absolute Gasteiger partial charge is 0.294 e. The molecule has 160 valence electrons. The minimum absolute atomic E-state index is 0.0322. The van der Waals surface area contributed by atoms with Crippen LogP contribution in [-0.2, 0) is 16.6 Å². The molecule has 1 aromatic heterocycles. The fourth-order valence-electron chi connectivity index (χ4n) is 3.26. The van der Waals surface area contributed by atoms with Crippen molar-refractivity contribution in [1.82, 2.24) is 9.88 Å². The summed E-state index contributed by atoms with van der Waals surface area (Å²) >= 11 is 0. The minimum atomic E-state index is -0.981. The monoisotopic (exact) mass is 416 g/mol. The molecular formula is C21H25FN4O4. The van der Waals surface area contributed by atoms with Gasteiger partial charge in [0.25, 0.3) is 17.6 Å². The highest BCUT2D eigenvalue weighted by Crippen LogP contribution is 2.24. The van der Waals surface area contributed by atoms with Gasteiger partial charge in [-0.25, -0.2) is 4.39 Å². The summed E-state index contributed by atoms with van der Waals surface area (Å²) in [5.74, 6) is -3.48. The highest BCUT2D eigenvalue weighted by atomic mass is 19.1. The number of Topliss-reactive ketones (excluding diaryl/α,β-unsaturated/α-hetero) is 1. The summed E-state index contributed by atoms with van der Waals surface area (Å²) in [6.45, 7) is 6.43. The van der Waals surface area contributed by atoms with E-state index in [1.54, 1.807) is 34.7 Å². The summed E-state index contributed by atoms with van der Waals surface area (Å²) in [6, 6.07) is 3.21. The number of carbonyl (C=O) groups is 4. The lowest BCUT2D eigenvalue weighted by molar-refractivity contribution is -0.125. The summed E-state index contributed by atoms with van der Waals surface area (Å²) in [4.78, 5) is 49.3. The Balaban J connectivity index is 2.34. The molecule has 8 nitrogen and oxygen atoms in total. The van der Waals surface area contributed by atoms with E-state index in [4.69, 9.17) is 5.73 Å². The molecule has 1 heterocycles. The fraction of sp³-hybridized carbons (Fsp3) is 0.333. The second-order valence-electron chi connectivity index (χ2n) is 7.08. The van der Waals surface area contributed by atoms with Crippen molar-refractivity contribution in [2.24, 2.45) is 12.8 Å². The van der Waals surface area contributed by atoms with Crippen molar-refractivity contribution in [1.29, 1.82) is 0 Å². The molecule has 1 atom stereocenters. The topological polar surface area (TPSA) is 123 Å². The number of carbonyl (C=O) groups excluding carboxylic acids is 4. The third-order valence-corrected chi connectivity index (χ3v) is 5.05. The van der Waals surface area contributed by atoms with Crippen molar-refractivity contribution < 1.29 is 23.6 Å². The maximum atomic E-state index is 13.5. The Morgan fingerprint density at radius 2 is 1.80 bits per heavy atom. The second kappa shape index (κ2) is 8.89. The Morgan fingerprint density at radius 1 is 1.17 bits per heavy atom. The number of anilines is 1. The Bertz CT molecular complexity index is 1040. The molecule has 0 spiro atoms. The third kappa shape index (κ3) is 4.40. The van der Waals surface area contributed by atoms with Crippen LogP contribution >= 0.6 is 0 Å². The average Bonchev–Trinajstić information content (AvgIpc) is 2.90. The van der Waals surface area contributed by atoms with Gasteiger partial charge in [0.05, 0.1) is 11.3 Å². The first kappa shape index (κ1) is 22.8. The van der Waals surface area contributed by atoms with Crippen LogP contribution < -0.4 is 16.4 Å². The lowest BCUT2D eigenvalue weighted by atomic mass is 10.1. The van der Waals surface area contributed by atoms with Gasteiger partial charge in [0.2, 0.25) is 5.91 Å². The van der Waals surface area contributed by atoms with E-state index in [1.807, 2.05) is 0 Å². The zero-order valence-electron chi connectivity index (χ0n) is 17.6. The van der Waals surface area contributed by atoms with Crippen LogP contribution in [0.4, 0.5) is 10.1 Å². The van der Waals surface area contributed by atoms with E-state index in [2.05, 4.69) is 10.6 Å². The molecule has 0 aliphatic rings. The minimum Gasteiger partial charge on any atom is -0.368 e. The maximum absolute atomic E-state index is 13.5. The zero-order valence-corrected chi connectivity index (χ0v) is 17.6. The summed E-state index contributed by atoms with van der Waals surface area (Å²) in [6.07, 6.45) is 0.240. The number of halogens is 1. The Hall–Kier alpha value is -3.49. The van der Waals surface area contributed by atoms with Gasteiger partial charge in [-0.1, -0.05) is 6.92 Å². The fourth-order valence-corrected chi connectivity index (χ4v) is 3.26. The first-order valence-electron chi connectivity index (χ1n) is 9.37. The van der Waals surface area contributed by atoms with E-state index in [1.165, 1.54) is 22.8 Å². The Kier molecular flexibility index (Phi) is 6.76. The van der Waals surface area contributed by atoms with Gasteiger partial charge in [-0.15, -0.1) is 0 Å². The van der Waals surface area contributed by atoms with Crippen LogP contribution in [-0.4, -0.2) is 34.1 Å². The highest BCUT2D eigenvalue weighted by Gasteiger charge is 2.30. The zero-order chi connectivity index (χ0) is 22.7. The standard InChI is InChI=1S/C21H25FN4O4/c1-6-15(19(23)28)25-21(30)18(27)17-11(3)16(12(4)26(17)5)20(29)24-13-7-8-14(22)10(2)9-13/h7-9,15H,6H2,1-5H3,(H2,23,28)(H,24,29)(H,25,30)/t15-/m1/s1. The van der Waals surface area contributed by atoms with Gasteiger partial charge < -0.3 is 20.9 Å². The Labute approximate surface area is 173 Å². The van der Waals surface area contributed by atoms with Gasteiger partial charge in [0.1, 0.15) is 11.9 Å². The molecule has 2 aromatic rings. The highest BCUT2D eigenvalue weighted by molar-refractivity contribution is 6.43. The van der Waals surface area contributed by atoms with Crippen LogP contribution in [0.1, 0.15) is 51.0 Å². The normalized spacial score (nSPS) is 11.7. The lowest BCUT2D eigenvalue weighted by Crippen LogP contribution is -2.46. The van der Waals surface area contributed by atoms with Crippen LogP contribution in [0.5, 0.6) is 0 Å². The molecule has 0 saturated carbocycles. The SMILES string of the molecule is CC[C@@H](NC(=O)C(=O)c1c(C)c(C(=O)Nc2ccc(F)c(C)c2)c(C)n1C)C(N)=O. The van der Waals surface area contributed by atoms with Crippen molar-refractivity contribution in [2.45, 2.75) is 40.2 Å². The molecule has 30 heavy (non-hydrogen) atoms. The molecule has 9 heteroatoms. The molecule has 2 rings (SSSR count). The molecule has 0 saturated heterocycles. The predicted molar refractivity (Wildman–Crippen MR) is 110 cm³/mol. The molecule has 4 N–H and O–H groups in total. The molecule has 0 bridgehead atoms. The van der Waals surface area contributed by atoms with E-state index in [-0.39, 0.29) is 23.5 Å². The van der Waals surface area contributed by atoms with E-state index < -0.39 is 29.5 Å². The third-order valence-electron chi connectivity index (χ3n) is 5.05. The van der Waals surface area contributed by atoms with Crippen molar-refractivity contribution >= 4 is 29.2 Å². The summed E-state index contributed by atoms with van der Waals surface area (Å²) < 4.78 is 14.9. The number of benzene rings is 1. The number of nitrogens with zero attached hydrogens (tertiary/aromatic N) is 1. The summed E-state index contributed by atoms with van der Waals surface area (Å²) in [5, 5.41) is 5.00. The number of hydrogen-bond acceptors (Lipinski definition) is 4. The molecule has 0 unspecified atom stereocenters. The van der Waals surface area contributed by atoms with Gasteiger partial charge in [-0.2, -0.15) is 0 Å². The largest absolute Gasteiger partial charge is 0.368 e. The van der Waals surface area contributed by atoms with E-state index in [0.29, 0.717) is 22.5 Å². The van der Waals surface area contributed by atoms with Crippen LogP contribution in [0.3, 0.4) is 0 Å². The number of primary amides is 1. The van der Waals surface area contributed by atoms with E-state index >= 15 is 0 Å². The van der Waals surface area contributed by atoms with Gasteiger partial charge in [-0.05, 0) is 56.5 Å². The van der Waals surface area contributed by atoms with Gasteiger partial charge in [0.15, 0.2) is 0 Å². The van der Waals surface area contributed by atoms with Crippen LogP contribution in [0.2, 0.25) is 0 Å². The van der Waals surface area contributed by atoms with Gasteiger partial charge >= 0.3 is 0 Å². The van der Waals surface area contributed by atoms with Crippen molar-refractivity contribution in [3.8, 4) is 0 Å². The number of nitrogens with one attached hydrogen (secondary N) is 2. The van der Waals surface area contributed by atoms with Crippen molar-refractivity contribution in [3.05, 3.63) is 52.1 Å². The number of rotatable bonds is 7. The molecule has 0 aliphatic carbocycles. The van der Waals surface area contributed by atoms with Crippen molar-refractivity contribution in [2.75, 3.05) is 5.32 Å². The lowest BCUT2D eigenvalue weighted by Gasteiger charge is -2.13. The number of aromatic nitrogens is 1. The van der Waals surface area contributed by atoms with E-state index in [0.717, 1.165) is 0 Å². The van der Waals surface area contributed by atoms with Crippen LogP contribution in [0.15, 0.2) is 18.2 Å². The molecule has 3 amide bonds. The summed E-state index contributed by atoms with van der Waals surface area (Å²) in [5.41, 5.74) is 7.05. The van der Waals surface area contributed by atoms with Crippen molar-refractivity contribution in [3.63, 3.8) is 0 Å². The average molecular weight is 416 g/mol. The molecular weight excluding hydrogens is 391 g/mol. The van der Waals surface area contributed by atoms with Crippen LogP contribution in [0.25, 0.3) is 0 Å². The predicted octanol–water partition coefficient (Wildman–Crippen LogP) is 1.90. The molecule has 0 radical (unpaired) electrons. The number of aryl methyl sites for hydroxylation is 1. The quantitative estimate of drug-likeness (QED) is 0.471. The molecule has 0 fully saturated rings.